The summed E-state index contributed by atoms with van der Waals surface area (Å²) in [6.45, 7) is 3.30. The van der Waals surface area contributed by atoms with Crippen molar-refractivity contribution < 1.29 is 23.9 Å². The summed E-state index contributed by atoms with van der Waals surface area (Å²) in [5, 5.41) is 0.412. The Labute approximate surface area is 135 Å². The fourth-order valence-electron chi connectivity index (χ4n) is 1.58. The maximum atomic E-state index is 12.4. The van der Waals surface area contributed by atoms with E-state index >= 15 is 0 Å². The van der Waals surface area contributed by atoms with E-state index in [0.29, 0.717) is 9.50 Å². The van der Waals surface area contributed by atoms with Crippen LogP contribution in [0.15, 0.2) is 22.7 Å². The van der Waals surface area contributed by atoms with Gasteiger partial charge >= 0.3 is 11.9 Å². The number of Topliss-reactive ketones (excluding diaryl/α,β-unsaturated/α-hetero) is 1. The first-order valence-electron chi connectivity index (χ1n) is 6.24. The third-order valence-electron chi connectivity index (χ3n) is 2.51. The zero-order valence-electron chi connectivity index (χ0n) is 11.5. The molecule has 0 amide bonds. The molecule has 0 radical (unpaired) electrons. The standard InChI is InChI=1S/C14H14BrClO5/c1-3-20-13(18)11(14(19)21-4-2)12(17)8-5-6-10(16)9(15)7-8/h5-7,11H,3-4H2,1-2H3. The monoisotopic (exact) mass is 376 g/mol. The van der Waals surface area contributed by atoms with Crippen molar-refractivity contribution in [2.24, 2.45) is 5.92 Å². The lowest BCUT2D eigenvalue weighted by atomic mass is 9.98. The van der Waals surface area contributed by atoms with Gasteiger partial charge in [-0.3, -0.25) is 14.4 Å². The molecule has 0 atom stereocenters. The van der Waals surface area contributed by atoms with Gasteiger partial charge in [0.2, 0.25) is 5.92 Å². The normalized spacial score (nSPS) is 10.3. The minimum absolute atomic E-state index is 0.0618. The predicted octanol–water partition coefficient (Wildman–Crippen LogP) is 3.03. The molecule has 0 aliphatic carbocycles. The van der Waals surface area contributed by atoms with Crippen molar-refractivity contribution >= 4 is 45.3 Å². The molecular weight excluding hydrogens is 364 g/mol. The van der Waals surface area contributed by atoms with Crippen LogP contribution in [0.1, 0.15) is 24.2 Å². The van der Waals surface area contributed by atoms with Crippen LogP contribution in [0.5, 0.6) is 0 Å². The molecule has 0 saturated heterocycles. The molecule has 7 heteroatoms. The number of carbonyl (C=O) groups is 3. The molecule has 0 saturated carbocycles. The second-order valence-corrected chi connectivity index (χ2v) is 5.19. The lowest BCUT2D eigenvalue weighted by Crippen LogP contribution is -2.35. The summed E-state index contributed by atoms with van der Waals surface area (Å²) in [5.74, 6) is -4.17. The van der Waals surface area contributed by atoms with Gasteiger partial charge in [-0.15, -0.1) is 0 Å². The van der Waals surface area contributed by atoms with E-state index in [1.807, 2.05) is 0 Å². The quantitative estimate of drug-likeness (QED) is 0.433. The second kappa shape index (κ2) is 8.14. The van der Waals surface area contributed by atoms with Gasteiger partial charge in [0, 0.05) is 10.0 Å². The first-order valence-corrected chi connectivity index (χ1v) is 7.42. The van der Waals surface area contributed by atoms with E-state index < -0.39 is 23.6 Å². The van der Waals surface area contributed by atoms with Crippen LogP contribution in [0.4, 0.5) is 0 Å². The topological polar surface area (TPSA) is 69.7 Å². The Balaban J connectivity index is 3.11. The van der Waals surface area contributed by atoms with Gasteiger partial charge in [-0.25, -0.2) is 0 Å². The predicted molar refractivity (Wildman–Crippen MR) is 80.2 cm³/mol. The first kappa shape index (κ1) is 17.7. The molecule has 0 heterocycles. The van der Waals surface area contributed by atoms with Crippen LogP contribution in [0.3, 0.4) is 0 Å². The largest absolute Gasteiger partial charge is 0.465 e. The highest BCUT2D eigenvalue weighted by Crippen LogP contribution is 2.25. The number of benzene rings is 1. The zero-order valence-corrected chi connectivity index (χ0v) is 13.9. The van der Waals surface area contributed by atoms with E-state index in [0.717, 1.165) is 0 Å². The van der Waals surface area contributed by atoms with Crippen LogP contribution in [0, 0.1) is 5.92 Å². The van der Waals surface area contributed by atoms with Crippen LogP contribution in [-0.4, -0.2) is 30.9 Å². The van der Waals surface area contributed by atoms with E-state index in [4.69, 9.17) is 21.1 Å². The Bertz CT molecular complexity index is 540. The molecule has 114 valence electrons. The van der Waals surface area contributed by atoms with Gasteiger partial charge < -0.3 is 9.47 Å². The molecule has 0 aliphatic rings. The molecule has 1 rings (SSSR count). The molecule has 0 N–H and O–H groups in total. The minimum atomic E-state index is -1.63. The Morgan fingerprint density at radius 2 is 1.67 bits per heavy atom. The second-order valence-electron chi connectivity index (χ2n) is 3.93. The number of halogens is 2. The third kappa shape index (κ3) is 4.54. The van der Waals surface area contributed by atoms with Gasteiger partial charge in [-0.05, 0) is 48.0 Å². The van der Waals surface area contributed by atoms with E-state index in [9.17, 15) is 14.4 Å². The van der Waals surface area contributed by atoms with Gasteiger partial charge in [0.25, 0.3) is 0 Å². The van der Waals surface area contributed by atoms with E-state index in [1.165, 1.54) is 18.2 Å². The molecule has 0 bridgehead atoms. The van der Waals surface area contributed by atoms with Crippen molar-refractivity contribution in [1.82, 2.24) is 0 Å². The molecule has 0 aromatic heterocycles. The molecule has 21 heavy (non-hydrogen) atoms. The fourth-order valence-corrected chi connectivity index (χ4v) is 2.07. The highest BCUT2D eigenvalue weighted by Gasteiger charge is 2.37. The lowest BCUT2D eigenvalue weighted by Gasteiger charge is -2.13. The average Bonchev–Trinajstić information content (AvgIpc) is 2.42. The summed E-state index contributed by atoms with van der Waals surface area (Å²) in [6.07, 6.45) is 0. The van der Waals surface area contributed by atoms with Crippen LogP contribution in [0.25, 0.3) is 0 Å². The van der Waals surface area contributed by atoms with Gasteiger partial charge in [-0.1, -0.05) is 11.6 Å². The van der Waals surface area contributed by atoms with Crippen molar-refractivity contribution in [3.8, 4) is 0 Å². The average molecular weight is 378 g/mol. The van der Waals surface area contributed by atoms with Crippen LogP contribution in [-0.2, 0) is 19.1 Å². The number of hydrogen-bond acceptors (Lipinski definition) is 5. The Morgan fingerprint density at radius 3 is 2.10 bits per heavy atom. The van der Waals surface area contributed by atoms with Crippen LogP contribution in [0.2, 0.25) is 5.02 Å². The fraction of sp³-hybridized carbons (Fsp3) is 0.357. The van der Waals surface area contributed by atoms with Crippen molar-refractivity contribution in [3.05, 3.63) is 33.3 Å². The maximum absolute atomic E-state index is 12.4. The zero-order chi connectivity index (χ0) is 16.0. The number of rotatable bonds is 6. The first-order chi connectivity index (χ1) is 9.92. The molecule has 0 fully saturated rings. The van der Waals surface area contributed by atoms with Crippen LogP contribution >= 0.6 is 27.5 Å². The number of hydrogen-bond donors (Lipinski definition) is 0. The molecule has 0 spiro atoms. The molecule has 1 aromatic carbocycles. The third-order valence-corrected chi connectivity index (χ3v) is 3.72. The highest BCUT2D eigenvalue weighted by atomic mass is 79.9. The Morgan fingerprint density at radius 1 is 1.14 bits per heavy atom. The number of carbonyl (C=O) groups excluding carboxylic acids is 3. The summed E-state index contributed by atoms with van der Waals surface area (Å²) in [4.78, 5) is 36.1. The smallest absolute Gasteiger partial charge is 0.328 e. The van der Waals surface area contributed by atoms with Gasteiger partial charge in [-0.2, -0.15) is 0 Å². The summed E-state index contributed by atoms with van der Waals surface area (Å²) in [5.41, 5.74) is 0.164. The van der Waals surface area contributed by atoms with Crippen molar-refractivity contribution in [1.29, 1.82) is 0 Å². The highest BCUT2D eigenvalue weighted by molar-refractivity contribution is 9.10. The lowest BCUT2D eigenvalue weighted by molar-refractivity contribution is -0.158. The SMILES string of the molecule is CCOC(=O)C(C(=O)OCC)C(=O)c1ccc(Cl)c(Br)c1. The van der Waals surface area contributed by atoms with Crippen molar-refractivity contribution in [2.45, 2.75) is 13.8 Å². The molecule has 0 unspecified atom stereocenters. The molecule has 0 aliphatic heterocycles. The minimum Gasteiger partial charge on any atom is -0.465 e. The number of esters is 2. The summed E-state index contributed by atoms with van der Waals surface area (Å²) < 4.78 is 10.0. The number of ketones is 1. The Hall–Kier alpha value is -1.40. The van der Waals surface area contributed by atoms with Gasteiger partial charge in [0.1, 0.15) is 0 Å². The van der Waals surface area contributed by atoms with Gasteiger partial charge in [0.05, 0.1) is 18.2 Å². The van der Waals surface area contributed by atoms with Gasteiger partial charge in [0.15, 0.2) is 5.78 Å². The molecule has 1 aromatic rings. The van der Waals surface area contributed by atoms with E-state index in [1.54, 1.807) is 13.8 Å². The Kier molecular flexibility index (Phi) is 6.84. The van der Waals surface area contributed by atoms with Crippen molar-refractivity contribution in [2.75, 3.05) is 13.2 Å². The number of ether oxygens (including phenoxy) is 2. The summed E-state index contributed by atoms with van der Waals surface area (Å²) >= 11 is 9.03. The van der Waals surface area contributed by atoms with Crippen molar-refractivity contribution in [3.63, 3.8) is 0 Å². The molecular formula is C14H14BrClO5. The maximum Gasteiger partial charge on any atom is 0.328 e. The summed E-state index contributed by atoms with van der Waals surface area (Å²) in [6, 6.07) is 4.36. The van der Waals surface area contributed by atoms with E-state index in [-0.39, 0.29) is 18.8 Å². The molecule has 5 nitrogen and oxygen atoms in total. The van der Waals surface area contributed by atoms with E-state index in [2.05, 4.69) is 15.9 Å². The van der Waals surface area contributed by atoms with Crippen LogP contribution < -0.4 is 0 Å². The summed E-state index contributed by atoms with van der Waals surface area (Å²) in [7, 11) is 0.